The van der Waals surface area contributed by atoms with E-state index in [1.165, 1.54) is 6.92 Å². The summed E-state index contributed by atoms with van der Waals surface area (Å²) >= 11 is 0. The highest BCUT2D eigenvalue weighted by Crippen LogP contribution is 2.32. The van der Waals surface area contributed by atoms with E-state index in [4.69, 9.17) is 9.47 Å². The van der Waals surface area contributed by atoms with E-state index in [0.29, 0.717) is 35.7 Å². The third-order valence-electron chi connectivity index (χ3n) is 6.52. The van der Waals surface area contributed by atoms with Crippen LogP contribution in [0.3, 0.4) is 0 Å². The molecule has 41 heavy (non-hydrogen) atoms. The van der Waals surface area contributed by atoms with Gasteiger partial charge in [-0.2, -0.15) is 0 Å². The zero-order valence-corrected chi connectivity index (χ0v) is 23.7. The topological polar surface area (TPSA) is 97.0 Å². The molecule has 0 aromatic heterocycles. The van der Waals surface area contributed by atoms with E-state index in [9.17, 15) is 23.2 Å². The standard InChI is InChI=1S/C29H29F2N3O5.C2H6/c1-17-15-22(30)25(23(31)16-17)32-27(35)26(18(2)19-7-5-4-6-8-19)34-28(36)24(33-29(34)37)20-9-11-21(12-10-20)39-14-13-38-3;1-2/h4-12,15-16,18,24,26H,13-14H2,1-3H3,(H,32,35)(H,33,37);1-2H3/t18?,24-,26?;/m1./s1. The number of anilines is 1. The first-order valence-corrected chi connectivity index (χ1v) is 13.4. The minimum atomic E-state index is -1.40. The molecule has 3 aromatic carbocycles. The monoisotopic (exact) mass is 567 g/mol. The number of hydrogen-bond acceptors (Lipinski definition) is 5. The summed E-state index contributed by atoms with van der Waals surface area (Å²) in [4.78, 5) is 41.1. The average Bonchev–Trinajstić information content (AvgIpc) is 3.26. The van der Waals surface area contributed by atoms with Crippen LogP contribution >= 0.6 is 0 Å². The Balaban J connectivity index is 0.00000226. The molecule has 2 unspecified atom stereocenters. The van der Waals surface area contributed by atoms with Crippen LogP contribution in [0.2, 0.25) is 0 Å². The highest BCUT2D eigenvalue weighted by Gasteiger charge is 2.47. The number of nitrogens with one attached hydrogen (secondary N) is 2. The summed E-state index contributed by atoms with van der Waals surface area (Å²) in [6, 6.07) is 14.3. The van der Waals surface area contributed by atoms with Crippen molar-refractivity contribution in [1.82, 2.24) is 10.2 Å². The zero-order valence-electron chi connectivity index (χ0n) is 23.7. The molecule has 3 atom stereocenters. The van der Waals surface area contributed by atoms with Crippen molar-refractivity contribution in [2.24, 2.45) is 0 Å². The van der Waals surface area contributed by atoms with Gasteiger partial charge in [0.2, 0.25) is 5.91 Å². The van der Waals surface area contributed by atoms with E-state index in [2.05, 4.69) is 10.6 Å². The summed E-state index contributed by atoms with van der Waals surface area (Å²) in [5.41, 5.74) is 0.828. The fourth-order valence-corrected chi connectivity index (χ4v) is 4.51. The molecular formula is C31H35F2N3O5. The number of aryl methyl sites for hydroxylation is 1. The molecule has 3 aromatic rings. The van der Waals surface area contributed by atoms with Crippen LogP contribution in [0.5, 0.6) is 5.75 Å². The Bertz CT molecular complexity index is 1330. The van der Waals surface area contributed by atoms with Crippen LogP contribution in [0.1, 0.15) is 49.4 Å². The number of benzene rings is 3. The number of halogens is 2. The van der Waals surface area contributed by atoms with Gasteiger partial charge in [-0.15, -0.1) is 0 Å². The minimum Gasteiger partial charge on any atom is -0.491 e. The first kappa shape index (κ1) is 31.2. The maximum atomic E-state index is 14.6. The van der Waals surface area contributed by atoms with Gasteiger partial charge >= 0.3 is 6.03 Å². The largest absolute Gasteiger partial charge is 0.491 e. The Morgan fingerprint density at radius 3 is 2.20 bits per heavy atom. The molecule has 1 heterocycles. The third kappa shape index (κ3) is 7.26. The van der Waals surface area contributed by atoms with E-state index in [1.807, 2.05) is 13.8 Å². The maximum absolute atomic E-state index is 14.6. The van der Waals surface area contributed by atoms with Crippen LogP contribution < -0.4 is 15.4 Å². The van der Waals surface area contributed by atoms with E-state index in [1.54, 1.807) is 68.6 Å². The summed E-state index contributed by atoms with van der Waals surface area (Å²) in [5.74, 6) is -3.64. The second-order valence-electron chi connectivity index (χ2n) is 9.24. The number of hydrogen-bond donors (Lipinski definition) is 2. The molecule has 0 aliphatic carbocycles. The van der Waals surface area contributed by atoms with Crippen LogP contribution in [-0.2, 0) is 14.3 Å². The van der Waals surface area contributed by atoms with Crippen molar-refractivity contribution >= 4 is 23.5 Å². The maximum Gasteiger partial charge on any atom is 0.325 e. The van der Waals surface area contributed by atoms with Crippen LogP contribution in [-0.4, -0.2) is 49.1 Å². The lowest BCUT2D eigenvalue weighted by molar-refractivity contribution is -0.134. The molecule has 1 fully saturated rings. The Morgan fingerprint density at radius 1 is 1.00 bits per heavy atom. The van der Waals surface area contributed by atoms with Crippen molar-refractivity contribution in [3.8, 4) is 5.75 Å². The molecule has 0 saturated carbocycles. The third-order valence-corrected chi connectivity index (χ3v) is 6.52. The molecule has 2 N–H and O–H groups in total. The predicted octanol–water partition coefficient (Wildman–Crippen LogP) is 5.73. The number of urea groups is 1. The van der Waals surface area contributed by atoms with Gasteiger partial charge in [-0.05, 0) is 47.9 Å². The van der Waals surface area contributed by atoms with Crippen molar-refractivity contribution in [2.75, 3.05) is 25.6 Å². The fraction of sp³-hybridized carbons (Fsp3) is 0.323. The first-order valence-electron chi connectivity index (χ1n) is 13.4. The van der Waals surface area contributed by atoms with Gasteiger partial charge in [0.05, 0.1) is 6.61 Å². The predicted molar refractivity (Wildman–Crippen MR) is 152 cm³/mol. The number of carbonyl (C=O) groups excluding carboxylic acids is 3. The Morgan fingerprint density at radius 2 is 1.61 bits per heavy atom. The van der Waals surface area contributed by atoms with Crippen molar-refractivity contribution in [3.05, 3.63) is 95.1 Å². The van der Waals surface area contributed by atoms with Gasteiger partial charge in [0.15, 0.2) is 0 Å². The van der Waals surface area contributed by atoms with E-state index in [0.717, 1.165) is 17.0 Å². The molecule has 4 amide bonds. The molecular weight excluding hydrogens is 532 g/mol. The molecule has 8 nitrogen and oxygen atoms in total. The smallest absolute Gasteiger partial charge is 0.325 e. The van der Waals surface area contributed by atoms with Crippen molar-refractivity contribution in [2.45, 2.75) is 45.7 Å². The van der Waals surface area contributed by atoms with E-state index >= 15 is 0 Å². The van der Waals surface area contributed by atoms with Gasteiger partial charge in [-0.3, -0.25) is 9.59 Å². The Labute approximate surface area is 238 Å². The van der Waals surface area contributed by atoms with Crippen LogP contribution in [0.4, 0.5) is 19.3 Å². The molecule has 1 aliphatic heterocycles. The number of ether oxygens (including phenoxy) is 2. The number of amides is 4. The second-order valence-corrected chi connectivity index (χ2v) is 9.24. The number of methoxy groups -OCH3 is 1. The molecule has 10 heteroatoms. The lowest BCUT2D eigenvalue weighted by Crippen LogP contribution is -2.50. The van der Waals surface area contributed by atoms with Crippen molar-refractivity contribution in [1.29, 1.82) is 0 Å². The van der Waals surface area contributed by atoms with Gasteiger partial charge in [0.25, 0.3) is 5.91 Å². The lowest BCUT2D eigenvalue weighted by atomic mass is 9.91. The first-order chi connectivity index (χ1) is 19.7. The highest BCUT2D eigenvalue weighted by molar-refractivity contribution is 6.10. The van der Waals surface area contributed by atoms with Gasteiger partial charge in [-0.1, -0.05) is 63.2 Å². The number of rotatable bonds is 10. The molecule has 1 saturated heterocycles. The number of imide groups is 1. The normalized spacial score (nSPS) is 15.9. The summed E-state index contributed by atoms with van der Waals surface area (Å²) in [6.07, 6.45) is 0. The molecule has 0 bridgehead atoms. The van der Waals surface area contributed by atoms with E-state index < -0.39 is 53.2 Å². The van der Waals surface area contributed by atoms with Gasteiger partial charge in [0.1, 0.15) is 41.8 Å². The summed E-state index contributed by atoms with van der Waals surface area (Å²) in [5, 5.41) is 4.90. The SMILES string of the molecule is CC.COCCOc1ccc([C@H]2NC(=O)N(C(C(=O)Nc3c(F)cc(C)cc3F)C(C)c3ccccc3)C2=O)cc1. The van der Waals surface area contributed by atoms with Gasteiger partial charge in [0, 0.05) is 13.0 Å². The number of nitrogens with zero attached hydrogens (tertiary/aromatic N) is 1. The van der Waals surface area contributed by atoms with E-state index in [-0.39, 0.29) is 0 Å². The summed E-state index contributed by atoms with van der Waals surface area (Å²) in [7, 11) is 1.56. The van der Waals surface area contributed by atoms with Crippen molar-refractivity contribution < 1.29 is 32.6 Å². The van der Waals surface area contributed by atoms with Crippen LogP contribution in [0, 0.1) is 18.6 Å². The average molecular weight is 568 g/mol. The molecule has 218 valence electrons. The molecule has 0 spiro atoms. The zero-order chi connectivity index (χ0) is 30.1. The minimum absolute atomic E-state index is 0.337. The second kappa shape index (κ2) is 14.4. The fourth-order valence-electron chi connectivity index (χ4n) is 4.51. The quantitative estimate of drug-likeness (QED) is 0.241. The molecule has 0 radical (unpaired) electrons. The summed E-state index contributed by atoms with van der Waals surface area (Å²) < 4.78 is 39.6. The molecule has 4 rings (SSSR count). The highest BCUT2D eigenvalue weighted by atomic mass is 19.1. The lowest BCUT2D eigenvalue weighted by Gasteiger charge is -2.30. The van der Waals surface area contributed by atoms with Crippen LogP contribution in [0.25, 0.3) is 0 Å². The van der Waals surface area contributed by atoms with Gasteiger partial charge in [-0.25, -0.2) is 18.5 Å². The molecule has 1 aliphatic rings. The van der Waals surface area contributed by atoms with Crippen LogP contribution in [0.15, 0.2) is 66.7 Å². The Hall–Kier alpha value is -4.31. The Kier molecular flexibility index (Phi) is 10.9. The summed E-state index contributed by atoms with van der Waals surface area (Å²) in [6.45, 7) is 7.94. The number of carbonyl (C=O) groups is 3. The van der Waals surface area contributed by atoms with Crippen molar-refractivity contribution in [3.63, 3.8) is 0 Å². The van der Waals surface area contributed by atoms with Gasteiger partial charge < -0.3 is 20.1 Å².